The number of benzene rings is 1. The van der Waals surface area contributed by atoms with Gasteiger partial charge in [-0.15, -0.1) is 0 Å². The van der Waals surface area contributed by atoms with Gasteiger partial charge < -0.3 is 37.8 Å². The summed E-state index contributed by atoms with van der Waals surface area (Å²) in [5.74, 6) is 1.38. The van der Waals surface area contributed by atoms with Crippen molar-refractivity contribution in [2.75, 3.05) is 46.7 Å². The fourth-order valence-corrected chi connectivity index (χ4v) is 5.94. The Morgan fingerprint density at radius 2 is 0.909 bits per heavy atom. The van der Waals surface area contributed by atoms with E-state index in [1.165, 1.54) is 6.92 Å². The lowest BCUT2D eigenvalue weighted by Gasteiger charge is -2.42. The lowest BCUT2D eigenvalue weighted by molar-refractivity contribution is -0.158. The van der Waals surface area contributed by atoms with Gasteiger partial charge in [-0.1, -0.05) is 40.5 Å². The van der Waals surface area contributed by atoms with Gasteiger partial charge in [0.15, 0.2) is 0 Å². The first-order valence-corrected chi connectivity index (χ1v) is 20.7. The molecule has 1 radical (unpaired) electrons. The predicted molar refractivity (Wildman–Crippen MR) is 225 cm³/mol. The highest BCUT2D eigenvalue weighted by Crippen LogP contribution is 2.40. The van der Waals surface area contributed by atoms with Gasteiger partial charge >= 0.3 is 13.5 Å². The Bertz CT molecular complexity index is 1210. The second-order valence-electron chi connectivity index (χ2n) is 19.3. The van der Waals surface area contributed by atoms with E-state index in [1.807, 2.05) is 38.1 Å². The first-order valence-electron chi connectivity index (χ1n) is 20.7. The Hall–Kier alpha value is -1.85. The van der Waals surface area contributed by atoms with Crippen LogP contribution in [0.15, 0.2) is 24.3 Å². The highest BCUT2D eigenvalue weighted by Gasteiger charge is 2.39. The molecule has 9 nitrogen and oxygen atoms in total. The molecule has 0 atom stereocenters. The van der Waals surface area contributed by atoms with Gasteiger partial charge in [0.05, 0.1) is 42.2 Å². The van der Waals surface area contributed by atoms with E-state index in [0.29, 0.717) is 39.4 Å². The smallest absolute Gasteiger partial charge is 0.320 e. The molecule has 319 valence electrons. The number of unbranched alkanes of at least 4 members (excludes halogenated alkanes) is 2. The second-order valence-corrected chi connectivity index (χ2v) is 19.3. The number of carbonyl (C=O) groups excluding carboxylic acids is 1. The van der Waals surface area contributed by atoms with Crippen molar-refractivity contribution in [3.05, 3.63) is 24.3 Å². The summed E-state index contributed by atoms with van der Waals surface area (Å²) in [6.07, 6.45) is 8.44. The molecule has 1 aromatic carbocycles. The summed E-state index contributed by atoms with van der Waals surface area (Å²) >= 11 is 0. The van der Waals surface area contributed by atoms with E-state index in [2.05, 4.69) is 83.1 Å². The molecule has 0 aliphatic carbocycles. The number of hydrogen-bond donors (Lipinski definition) is 0. The highest BCUT2D eigenvalue weighted by molar-refractivity contribution is 6.26. The van der Waals surface area contributed by atoms with Gasteiger partial charge in [-0.2, -0.15) is 0 Å². The first kappa shape index (κ1) is 51.2. The van der Waals surface area contributed by atoms with Crippen LogP contribution in [0.4, 0.5) is 0 Å². The Morgan fingerprint density at radius 1 is 0.509 bits per heavy atom. The molecule has 0 amide bonds. The Balaban J connectivity index is 2.31. The van der Waals surface area contributed by atoms with Crippen molar-refractivity contribution in [1.29, 1.82) is 0 Å². The number of hydrogen-bond acceptors (Lipinski definition) is 9. The SMILES string of the molecule is CO[B]COC(C)(C)C(C)(C)CCCCOC(C)(C)CCOc1ccc(OCCC(C)(C)OCCCCC(C)(C)C(C)(C)OCCC(C)(C)OC(C)=O)cc1. The Kier molecular flexibility index (Phi) is 21.3. The van der Waals surface area contributed by atoms with Crippen LogP contribution in [-0.2, 0) is 33.1 Å². The van der Waals surface area contributed by atoms with Crippen molar-refractivity contribution >= 4 is 13.5 Å². The molecule has 0 unspecified atom stereocenters. The van der Waals surface area contributed by atoms with Crippen molar-refractivity contribution < 1.29 is 42.6 Å². The summed E-state index contributed by atoms with van der Waals surface area (Å²) < 4.78 is 47.5. The third-order valence-corrected chi connectivity index (χ3v) is 11.7. The molecule has 0 heterocycles. The van der Waals surface area contributed by atoms with E-state index in [0.717, 1.165) is 69.5 Å². The van der Waals surface area contributed by atoms with Crippen molar-refractivity contribution in [1.82, 2.24) is 0 Å². The van der Waals surface area contributed by atoms with E-state index in [1.54, 1.807) is 14.6 Å². The van der Waals surface area contributed by atoms with E-state index in [-0.39, 0.29) is 39.2 Å². The molecule has 0 fully saturated rings. The van der Waals surface area contributed by atoms with Gasteiger partial charge in [-0.3, -0.25) is 4.79 Å². The van der Waals surface area contributed by atoms with Crippen LogP contribution in [-0.4, -0.2) is 88.1 Å². The molecule has 1 rings (SSSR count). The molecular weight excluding hydrogens is 695 g/mol. The average Bonchev–Trinajstić information content (AvgIpc) is 3.04. The van der Waals surface area contributed by atoms with Gasteiger partial charge in [0.25, 0.3) is 0 Å². The molecule has 0 bridgehead atoms. The van der Waals surface area contributed by atoms with Crippen molar-refractivity contribution in [2.45, 2.75) is 190 Å². The Labute approximate surface area is 338 Å². The molecule has 0 saturated carbocycles. The number of esters is 1. The predicted octanol–water partition coefficient (Wildman–Crippen LogP) is 10.8. The maximum Gasteiger partial charge on any atom is 0.320 e. The van der Waals surface area contributed by atoms with Crippen LogP contribution >= 0.6 is 0 Å². The summed E-state index contributed by atoms with van der Waals surface area (Å²) in [6, 6.07) is 7.84. The van der Waals surface area contributed by atoms with E-state index in [4.69, 9.17) is 37.8 Å². The number of ether oxygens (including phenoxy) is 7. The van der Waals surface area contributed by atoms with E-state index >= 15 is 0 Å². The maximum atomic E-state index is 11.4. The molecule has 55 heavy (non-hydrogen) atoms. The van der Waals surface area contributed by atoms with Crippen LogP contribution in [0.3, 0.4) is 0 Å². The fraction of sp³-hybridized carbons (Fsp3) is 0.844. The van der Waals surface area contributed by atoms with Gasteiger partial charge in [0.2, 0.25) is 0 Å². The molecular formula is C45H82BO9. The molecule has 0 aliphatic rings. The average molecular weight is 778 g/mol. The zero-order chi connectivity index (χ0) is 42.0. The van der Waals surface area contributed by atoms with Gasteiger partial charge in [0, 0.05) is 53.0 Å². The summed E-state index contributed by atoms with van der Waals surface area (Å²) in [7, 11) is 3.34. The summed E-state index contributed by atoms with van der Waals surface area (Å²) in [4.78, 5) is 11.4. The van der Waals surface area contributed by atoms with Gasteiger partial charge in [-0.25, -0.2) is 0 Å². The number of rotatable bonds is 31. The normalized spacial score (nSPS) is 13.5. The first-order chi connectivity index (χ1) is 25.3. The third-order valence-electron chi connectivity index (χ3n) is 11.7. The van der Waals surface area contributed by atoms with Gasteiger partial charge in [-0.05, 0) is 130 Å². The zero-order valence-electron chi connectivity index (χ0n) is 38.2. The lowest BCUT2D eigenvalue weighted by atomic mass is 9.73. The minimum Gasteiger partial charge on any atom is -0.493 e. The van der Waals surface area contributed by atoms with Crippen LogP contribution < -0.4 is 9.47 Å². The monoisotopic (exact) mass is 778 g/mol. The second kappa shape index (κ2) is 22.9. The summed E-state index contributed by atoms with van der Waals surface area (Å²) in [5, 5.41) is 0. The molecule has 1 aromatic rings. The molecule has 10 heteroatoms. The standard InChI is InChI=1S/C45H82BO9/c1-36(47)55-43(10,11)29-34-53-44(12,13)39(2,3)25-17-19-30-51-41(6,7)27-32-49-37-21-23-38(24-22-37)50-33-28-42(8,9)52-31-20-18-26-40(4,5)45(14,15)54-35-46-48-16/h21-24H,17-20,25-35H2,1-16H3. The van der Waals surface area contributed by atoms with Crippen molar-refractivity contribution in [2.24, 2.45) is 10.8 Å². The lowest BCUT2D eigenvalue weighted by Crippen LogP contribution is -2.43. The molecule has 0 N–H and O–H groups in total. The van der Waals surface area contributed by atoms with Crippen molar-refractivity contribution in [3.63, 3.8) is 0 Å². The van der Waals surface area contributed by atoms with Crippen LogP contribution in [0.1, 0.15) is 162 Å². The summed E-state index contributed by atoms with van der Waals surface area (Å²) in [6.45, 7) is 35.1. The topological polar surface area (TPSA) is 90.9 Å². The fourth-order valence-electron chi connectivity index (χ4n) is 5.94. The van der Waals surface area contributed by atoms with Crippen LogP contribution in [0, 0.1) is 10.8 Å². The molecule has 0 spiro atoms. The minimum absolute atomic E-state index is 0.0239. The van der Waals surface area contributed by atoms with Crippen molar-refractivity contribution in [3.8, 4) is 11.5 Å². The highest BCUT2D eigenvalue weighted by atomic mass is 16.6. The minimum atomic E-state index is -0.534. The maximum absolute atomic E-state index is 11.4. The molecule has 0 aromatic heterocycles. The molecule has 0 saturated heterocycles. The molecule has 0 aliphatic heterocycles. The summed E-state index contributed by atoms with van der Waals surface area (Å²) in [5.41, 5.74) is -1.63. The quantitative estimate of drug-likeness (QED) is 0.0415. The van der Waals surface area contributed by atoms with E-state index < -0.39 is 5.60 Å². The number of carbonyl (C=O) groups is 1. The van der Waals surface area contributed by atoms with Crippen LogP contribution in [0.5, 0.6) is 11.5 Å². The largest absolute Gasteiger partial charge is 0.493 e. The van der Waals surface area contributed by atoms with E-state index in [9.17, 15) is 4.79 Å². The van der Waals surface area contributed by atoms with Gasteiger partial charge in [0.1, 0.15) is 17.1 Å². The zero-order valence-corrected chi connectivity index (χ0v) is 38.2. The third kappa shape index (κ3) is 20.9. The van der Waals surface area contributed by atoms with Crippen LogP contribution in [0.25, 0.3) is 0 Å². The Morgan fingerprint density at radius 3 is 1.31 bits per heavy atom. The van der Waals surface area contributed by atoms with Crippen LogP contribution in [0.2, 0.25) is 0 Å².